The number of hydrogen-bond acceptors (Lipinski definition) is 2. The Kier molecular flexibility index (Phi) is 6.10. The van der Waals surface area contributed by atoms with Crippen molar-refractivity contribution in [3.8, 4) is 17.6 Å². The fraction of sp³-hybridized carbons (Fsp3) is 0.429. The quantitative estimate of drug-likeness (QED) is 0.839. The van der Waals surface area contributed by atoms with E-state index >= 15 is 0 Å². The summed E-state index contributed by atoms with van der Waals surface area (Å²) >= 11 is 3.58. The lowest BCUT2D eigenvalue weighted by atomic mass is 10.0. The van der Waals surface area contributed by atoms with Crippen LogP contribution in [0, 0.1) is 11.8 Å². The van der Waals surface area contributed by atoms with Crippen LogP contribution in [0.5, 0.6) is 5.75 Å². The first kappa shape index (κ1) is 14.1. The summed E-state index contributed by atoms with van der Waals surface area (Å²) in [5.41, 5.74) is 1.21. The first-order chi connectivity index (χ1) is 8.22. The Labute approximate surface area is 112 Å². The second kappa shape index (κ2) is 7.37. The summed E-state index contributed by atoms with van der Waals surface area (Å²) in [6.45, 7) is 1.87. The zero-order valence-electron chi connectivity index (χ0n) is 10.5. The van der Waals surface area contributed by atoms with Gasteiger partial charge in [-0.05, 0) is 44.2 Å². The van der Waals surface area contributed by atoms with Gasteiger partial charge in [0.25, 0.3) is 0 Å². The van der Waals surface area contributed by atoms with E-state index in [0.717, 1.165) is 23.1 Å². The minimum absolute atomic E-state index is 0.292. The molecule has 92 valence electrons. The van der Waals surface area contributed by atoms with Crippen LogP contribution < -0.4 is 10.1 Å². The summed E-state index contributed by atoms with van der Waals surface area (Å²) in [5, 5.41) is 3.32. The molecule has 0 fully saturated rings. The van der Waals surface area contributed by atoms with Gasteiger partial charge < -0.3 is 10.1 Å². The number of nitrogens with one attached hydrogen (secondary N) is 1. The molecular weight excluding hydrogens is 278 g/mol. The summed E-state index contributed by atoms with van der Waals surface area (Å²) < 4.78 is 6.35. The molecule has 1 N–H and O–H groups in total. The zero-order valence-corrected chi connectivity index (χ0v) is 12.1. The molecule has 0 aromatic heterocycles. The van der Waals surface area contributed by atoms with Gasteiger partial charge in [0.05, 0.1) is 7.11 Å². The summed E-state index contributed by atoms with van der Waals surface area (Å²) in [6.07, 6.45) is 1.88. The molecule has 0 aliphatic carbocycles. The van der Waals surface area contributed by atoms with Crippen LogP contribution in [-0.4, -0.2) is 14.2 Å². The van der Waals surface area contributed by atoms with Crippen molar-refractivity contribution < 1.29 is 4.74 Å². The largest absolute Gasteiger partial charge is 0.497 e. The molecular formula is C14H18BrNO. The minimum Gasteiger partial charge on any atom is -0.497 e. The number of ether oxygens (including phenoxy) is 1. The Morgan fingerprint density at radius 3 is 2.82 bits per heavy atom. The summed E-state index contributed by atoms with van der Waals surface area (Å²) in [4.78, 5) is 0. The van der Waals surface area contributed by atoms with Crippen molar-refractivity contribution in [3.05, 3.63) is 28.2 Å². The van der Waals surface area contributed by atoms with Crippen molar-refractivity contribution in [1.82, 2.24) is 5.32 Å². The van der Waals surface area contributed by atoms with E-state index in [1.807, 2.05) is 26.1 Å². The average Bonchev–Trinajstić information content (AvgIpc) is 2.36. The van der Waals surface area contributed by atoms with E-state index in [1.165, 1.54) is 5.56 Å². The first-order valence-corrected chi connectivity index (χ1v) is 6.42. The molecule has 17 heavy (non-hydrogen) atoms. The van der Waals surface area contributed by atoms with E-state index in [4.69, 9.17) is 4.74 Å². The number of rotatable bonds is 5. The maximum Gasteiger partial charge on any atom is 0.119 e. The number of methoxy groups -OCH3 is 1. The van der Waals surface area contributed by atoms with Gasteiger partial charge in [-0.15, -0.1) is 11.8 Å². The SMILES string of the molecule is CC#CCCC(NC)c1cc(OC)ccc1Br. The second-order valence-corrected chi connectivity index (χ2v) is 4.55. The Balaban J connectivity index is 2.88. The molecule has 1 aromatic rings. The van der Waals surface area contributed by atoms with Crippen LogP contribution in [0.25, 0.3) is 0 Å². The van der Waals surface area contributed by atoms with Gasteiger partial charge in [-0.25, -0.2) is 0 Å². The molecule has 1 rings (SSSR count). The molecule has 1 atom stereocenters. The number of halogens is 1. The zero-order chi connectivity index (χ0) is 12.7. The minimum atomic E-state index is 0.292. The molecule has 0 aliphatic rings. The van der Waals surface area contributed by atoms with Crippen LogP contribution in [0.3, 0.4) is 0 Å². The highest BCUT2D eigenvalue weighted by atomic mass is 79.9. The maximum atomic E-state index is 5.25. The van der Waals surface area contributed by atoms with Gasteiger partial charge >= 0.3 is 0 Å². The van der Waals surface area contributed by atoms with Crippen LogP contribution in [0.1, 0.15) is 31.4 Å². The Morgan fingerprint density at radius 2 is 2.24 bits per heavy atom. The van der Waals surface area contributed by atoms with Crippen molar-refractivity contribution in [2.75, 3.05) is 14.2 Å². The van der Waals surface area contributed by atoms with Crippen molar-refractivity contribution >= 4 is 15.9 Å². The average molecular weight is 296 g/mol. The fourth-order valence-corrected chi connectivity index (χ4v) is 2.24. The molecule has 1 unspecified atom stereocenters. The van der Waals surface area contributed by atoms with Gasteiger partial charge in [0.2, 0.25) is 0 Å². The van der Waals surface area contributed by atoms with E-state index < -0.39 is 0 Å². The van der Waals surface area contributed by atoms with Crippen LogP contribution in [0.15, 0.2) is 22.7 Å². The maximum absolute atomic E-state index is 5.25. The molecule has 0 aliphatic heterocycles. The lowest BCUT2D eigenvalue weighted by Gasteiger charge is -2.18. The summed E-state index contributed by atoms with van der Waals surface area (Å²) in [6, 6.07) is 6.32. The summed E-state index contributed by atoms with van der Waals surface area (Å²) in [7, 11) is 3.65. The van der Waals surface area contributed by atoms with Gasteiger partial charge in [-0.2, -0.15) is 0 Å². The molecule has 3 heteroatoms. The van der Waals surface area contributed by atoms with Gasteiger partial charge in [-0.3, -0.25) is 0 Å². The molecule has 0 saturated heterocycles. The lowest BCUT2D eigenvalue weighted by molar-refractivity contribution is 0.412. The molecule has 0 saturated carbocycles. The van der Waals surface area contributed by atoms with E-state index in [2.05, 4.69) is 39.2 Å². The van der Waals surface area contributed by atoms with Gasteiger partial charge in [0.1, 0.15) is 5.75 Å². The Bertz CT molecular complexity index is 420. The van der Waals surface area contributed by atoms with Crippen LogP contribution in [-0.2, 0) is 0 Å². The molecule has 0 radical (unpaired) electrons. The first-order valence-electron chi connectivity index (χ1n) is 5.63. The molecule has 0 spiro atoms. The van der Waals surface area contributed by atoms with Crippen molar-refractivity contribution in [3.63, 3.8) is 0 Å². The van der Waals surface area contributed by atoms with Crippen LogP contribution in [0.2, 0.25) is 0 Å². The van der Waals surface area contributed by atoms with Gasteiger partial charge in [-0.1, -0.05) is 15.9 Å². The molecule has 0 amide bonds. The standard InChI is InChI=1S/C14H18BrNO/c1-4-5-6-7-14(16-2)12-10-11(17-3)8-9-13(12)15/h8-10,14,16H,6-7H2,1-3H3. The normalized spacial score (nSPS) is 11.5. The van der Waals surface area contributed by atoms with E-state index in [1.54, 1.807) is 7.11 Å². The van der Waals surface area contributed by atoms with Gasteiger partial charge in [0.15, 0.2) is 0 Å². The predicted octanol–water partition coefficient (Wildman–Crippen LogP) is 3.52. The third kappa shape index (κ3) is 4.07. The van der Waals surface area contributed by atoms with Crippen molar-refractivity contribution in [1.29, 1.82) is 0 Å². The van der Waals surface area contributed by atoms with E-state index in [-0.39, 0.29) is 0 Å². The van der Waals surface area contributed by atoms with Crippen LogP contribution >= 0.6 is 15.9 Å². The highest BCUT2D eigenvalue weighted by molar-refractivity contribution is 9.10. The highest BCUT2D eigenvalue weighted by Crippen LogP contribution is 2.29. The van der Waals surface area contributed by atoms with Crippen molar-refractivity contribution in [2.24, 2.45) is 0 Å². The van der Waals surface area contributed by atoms with Crippen molar-refractivity contribution in [2.45, 2.75) is 25.8 Å². The molecule has 1 aromatic carbocycles. The third-order valence-corrected chi connectivity index (χ3v) is 3.38. The lowest BCUT2D eigenvalue weighted by Crippen LogP contribution is -2.16. The molecule has 0 heterocycles. The number of benzene rings is 1. The third-order valence-electron chi connectivity index (χ3n) is 2.66. The monoisotopic (exact) mass is 295 g/mol. The van der Waals surface area contributed by atoms with Crippen LogP contribution in [0.4, 0.5) is 0 Å². The summed E-state index contributed by atoms with van der Waals surface area (Å²) in [5.74, 6) is 6.90. The van der Waals surface area contributed by atoms with Gasteiger partial charge in [0, 0.05) is 16.9 Å². The fourth-order valence-electron chi connectivity index (χ4n) is 1.71. The van der Waals surface area contributed by atoms with E-state index in [9.17, 15) is 0 Å². The Morgan fingerprint density at radius 1 is 1.47 bits per heavy atom. The molecule has 0 bridgehead atoms. The number of hydrogen-bond donors (Lipinski definition) is 1. The Hall–Kier alpha value is -0.980. The topological polar surface area (TPSA) is 21.3 Å². The molecule has 2 nitrogen and oxygen atoms in total. The van der Waals surface area contributed by atoms with E-state index in [0.29, 0.717) is 6.04 Å². The predicted molar refractivity (Wildman–Crippen MR) is 75.2 cm³/mol. The second-order valence-electron chi connectivity index (χ2n) is 3.69. The smallest absolute Gasteiger partial charge is 0.119 e. The highest BCUT2D eigenvalue weighted by Gasteiger charge is 2.12.